The summed E-state index contributed by atoms with van der Waals surface area (Å²) in [4.78, 5) is 23.4. The lowest BCUT2D eigenvalue weighted by Crippen LogP contribution is -2.45. The van der Waals surface area contributed by atoms with E-state index in [0.29, 0.717) is 12.0 Å². The molecule has 0 saturated heterocycles. The predicted molar refractivity (Wildman–Crippen MR) is 83.5 cm³/mol. The van der Waals surface area contributed by atoms with E-state index in [1.165, 1.54) is 0 Å². The maximum atomic E-state index is 12.2. The Morgan fingerprint density at radius 3 is 2.10 bits per heavy atom. The first-order valence-corrected chi connectivity index (χ1v) is 7.31. The zero-order valence-electron chi connectivity index (χ0n) is 13.4. The first-order valence-electron chi connectivity index (χ1n) is 7.31. The summed E-state index contributed by atoms with van der Waals surface area (Å²) in [7, 11) is 0. The highest BCUT2D eigenvalue weighted by atomic mass is 16.4. The van der Waals surface area contributed by atoms with E-state index in [4.69, 9.17) is 0 Å². The van der Waals surface area contributed by atoms with Crippen molar-refractivity contribution in [2.75, 3.05) is 0 Å². The fraction of sp³-hybridized carbons (Fsp3) is 0.529. The molecule has 0 aromatic heterocycles. The van der Waals surface area contributed by atoms with Gasteiger partial charge in [-0.15, -0.1) is 0 Å². The minimum Gasteiger partial charge on any atom is -0.480 e. The molecular weight excluding hydrogens is 266 g/mol. The van der Waals surface area contributed by atoms with Crippen LogP contribution in [0.5, 0.6) is 0 Å². The lowest BCUT2D eigenvalue weighted by Gasteiger charge is -2.21. The Morgan fingerprint density at radius 2 is 1.71 bits per heavy atom. The van der Waals surface area contributed by atoms with Crippen LogP contribution in [0.2, 0.25) is 0 Å². The zero-order chi connectivity index (χ0) is 16.2. The number of benzene rings is 1. The van der Waals surface area contributed by atoms with Crippen LogP contribution in [-0.2, 0) is 10.2 Å². The summed E-state index contributed by atoms with van der Waals surface area (Å²) in [6.45, 7) is 10.0. The van der Waals surface area contributed by atoms with Gasteiger partial charge in [0.1, 0.15) is 6.04 Å². The Labute approximate surface area is 126 Å². The van der Waals surface area contributed by atoms with Gasteiger partial charge < -0.3 is 10.4 Å². The van der Waals surface area contributed by atoms with Crippen molar-refractivity contribution in [1.29, 1.82) is 0 Å². The molecule has 0 radical (unpaired) electrons. The quantitative estimate of drug-likeness (QED) is 0.875. The zero-order valence-corrected chi connectivity index (χ0v) is 13.4. The standard InChI is InChI=1S/C17H25NO3/c1-6-11(2)14(16(20)21)18-15(19)12-7-9-13(10-8-12)17(3,4)5/h7-11,14H,6H2,1-5H3,(H,18,19)(H,20,21)/t11-,14+/m0/s1. The van der Waals surface area contributed by atoms with Gasteiger partial charge in [-0.25, -0.2) is 4.79 Å². The molecule has 1 aromatic rings. The number of amides is 1. The van der Waals surface area contributed by atoms with Crippen molar-refractivity contribution >= 4 is 11.9 Å². The van der Waals surface area contributed by atoms with Crippen molar-refractivity contribution in [2.45, 2.75) is 52.5 Å². The van der Waals surface area contributed by atoms with Gasteiger partial charge in [-0.05, 0) is 29.0 Å². The predicted octanol–water partition coefficient (Wildman–Crippen LogP) is 3.21. The Kier molecular flexibility index (Phi) is 5.53. The molecule has 1 amide bonds. The largest absolute Gasteiger partial charge is 0.480 e. The number of carbonyl (C=O) groups is 2. The number of nitrogens with one attached hydrogen (secondary N) is 1. The summed E-state index contributed by atoms with van der Waals surface area (Å²) in [5, 5.41) is 11.8. The van der Waals surface area contributed by atoms with Crippen LogP contribution in [0, 0.1) is 5.92 Å². The molecule has 0 unspecified atom stereocenters. The first kappa shape index (κ1) is 17.2. The van der Waals surface area contributed by atoms with Gasteiger partial charge in [0.2, 0.25) is 0 Å². The Morgan fingerprint density at radius 1 is 1.19 bits per heavy atom. The summed E-state index contributed by atoms with van der Waals surface area (Å²) in [5.41, 5.74) is 1.64. The Bertz CT molecular complexity index is 500. The number of aliphatic carboxylic acids is 1. The minimum absolute atomic E-state index is 0.0231. The molecule has 4 heteroatoms. The molecule has 0 aliphatic heterocycles. The van der Waals surface area contributed by atoms with Crippen molar-refractivity contribution in [2.24, 2.45) is 5.92 Å². The van der Waals surface area contributed by atoms with Crippen LogP contribution in [0.15, 0.2) is 24.3 Å². The molecule has 0 fully saturated rings. The summed E-state index contributed by atoms with van der Waals surface area (Å²) < 4.78 is 0. The molecule has 1 aromatic carbocycles. The SMILES string of the molecule is CC[C@H](C)[C@@H](NC(=O)c1ccc(C(C)(C)C)cc1)C(=O)O. The highest BCUT2D eigenvalue weighted by Gasteiger charge is 2.25. The van der Waals surface area contributed by atoms with Crippen molar-refractivity contribution in [3.63, 3.8) is 0 Å². The van der Waals surface area contributed by atoms with Crippen LogP contribution < -0.4 is 5.32 Å². The summed E-state index contributed by atoms with van der Waals surface area (Å²) >= 11 is 0. The van der Waals surface area contributed by atoms with Gasteiger partial charge in [-0.3, -0.25) is 4.79 Å². The molecule has 0 spiro atoms. The average Bonchev–Trinajstić information content (AvgIpc) is 2.42. The number of carboxylic acids is 1. The number of hydrogen-bond donors (Lipinski definition) is 2. The molecule has 0 aliphatic carbocycles. The highest BCUT2D eigenvalue weighted by Crippen LogP contribution is 2.22. The first-order chi connectivity index (χ1) is 9.66. The maximum absolute atomic E-state index is 12.2. The molecule has 0 bridgehead atoms. The fourth-order valence-corrected chi connectivity index (χ4v) is 2.03. The summed E-state index contributed by atoms with van der Waals surface area (Å²) in [5.74, 6) is -1.45. The van der Waals surface area contributed by atoms with E-state index < -0.39 is 12.0 Å². The molecule has 21 heavy (non-hydrogen) atoms. The van der Waals surface area contributed by atoms with Gasteiger partial charge in [-0.1, -0.05) is 53.2 Å². The van der Waals surface area contributed by atoms with Crippen molar-refractivity contribution in [3.05, 3.63) is 35.4 Å². The topological polar surface area (TPSA) is 66.4 Å². The third kappa shape index (κ3) is 4.59. The van der Waals surface area contributed by atoms with Crippen LogP contribution in [0.25, 0.3) is 0 Å². The number of rotatable bonds is 5. The third-order valence-electron chi connectivity index (χ3n) is 3.78. The molecule has 0 saturated carbocycles. The van der Waals surface area contributed by atoms with E-state index in [2.05, 4.69) is 26.1 Å². The molecule has 1 rings (SSSR count). The van der Waals surface area contributed by atoms with Crippen LogP contribution in [0.3, 0.4) is 0 Å². The van der Waals surface area contributed by atoms with Crippen molar-refractivity contribution in [3.8, 4) is 0 Å². The van der Waals surface area contributed by atoms with Crippen LogP contribution in [0.4, 0.5) is 0 Å². The minimum atomic E-state index is -0.996. The van der Waals surface area contributed by atoms with Gasteiger partial charge in [0.15, 0.2) is 0 Å². The molecular formula is C17H25NO3. The van der Waals surface area contributed by atoms with E-state index in [1.807, 2.05) is 26.0 Å². The van der Waals surface area contributed by atoms with E-state index in [-0.39, 0.29) is 17.2 Å². The number of carbonyl (C=O) groups excluding carboxylic acids is 1. The third-order valence-corrected chi connectivity index (χ3v) is 3.78. The summed E-state index contributed by atoms with van der Waals surface area (Å²) in [6.07, 6.45) is 0.695. The Hall–Kier alpha value is -1.84. The van der Waals surface area contributed by atoms with Crippen LogP contribution >= 0.6 is 0 Å². The molecule has 0 aliphatic rings. The molecule has 116 valence electrons. The second kappa shape index (κ2) is 6.74. The van der Waals surface area contributed by atoms with Gasteiger partial charge in [0.05, 0.1) is 0 Å². The normalized spacial score (nSPS) is 14.3. The van der Waals surface area contributed by atoms with Crippen molar-refractivity contribution < 1.29 is 14.7 Å². The molecule has 4 nitrogen and oxygen atoms in total. The van der Waals surface area contributed by atoms with Gasteiger partial charge in [-0.2, -0.15) is 0 Å². The lowest BCUT2D eigenvalue weighted by atomic mass is 9.86. The number of hydrogen-bond acceptors (Lipinski definition) is 2. The second-order valence-electron chi connectivity index (χ2n) is 6.50. The maximum Gasteiger partial charge on any atom is 0.326 e. The average molecular weight is 291 g/mol. The lowest BCUT2D eigenvalue weighted by molar-refractivity contribution is -0.140. The second-order valence-corrected chi connectivity index (χ2v) is 6.50. The summed E-state index contributed by atoms with van der Waals surface area (Å²) in [6, 6.07) is 6.45. The smallest absolute Gasteiger partial charge is 0.326 e. The molecule has 2 atom stereocenters. The fourth-order valence-electron chi connectivity index (χ4n) is 2.03. The van der Waals surface area contributed by atoms with Crippen LogP contribution in [0.1, 0.15) is 57.0 Å². The van der Waals surface area contributed by atoms with Crippen molar-refractivity contribution in [1.82, 2.24) is 5.32 Å². The van der Waals surface area contributed by atoms with E-state index in [9.17, 15) is 14.7 Å². The Balaban J connectivity index is 2.86. The highest BCUT2D eigenvalue weighted by molar-refractivity contribution is 5.96. The van der Waals surface area contributed by atoms with Gasteiger partial charge in [0, 0.05) is 5.56 Å². The van der Waals surface area contributed by atoms with E-state index in [1.54, 1.807) is 12.1 Å². The monoisotopic (exact) mass is 291 g/mol. The van der Waals surface area contributed by atoms with Crippen LogP contribution in [-0.4, -0.2) is 23.0 Å². The van der Waals surface area contributed by atoms with E-state index in [0.717, 1.165) is 5.56 Å². The van der Waals surface area contributed by atoms with Gasteiger partial charge >= 0.3 is 5.97 Å². The molecule has 2 N–H and O–H groups in total. The molecule has 0 heterocycles. The van der Waals surface area contributed by atoms with E-state index >= 15 is 0 Å². The van der Waals surface area contributed by atoms with Gasteiger partial charge in [0.25, 0.3) is 5.91 Å². The number of carboxylic acid groups (broad SMARTS) is 1.